The van der Waals surface area contributed by atoms with Gasteiger partial charge in [0.15, 0.2) is 0 Å². The third kappa shape index (κ3) is 2.26. The molecule has 0 radical (unpaired) electrons. The average molecular weight is 331 g/mol. The van der Waals surface area contributed by atoms with Crippen LogP contribution in [0.15, 0.2) is 48.9 Å². The Morgan fingerprint density at radius 1 is 1.04 bits per heavy atom. The van der Waals surface area contributed by atoms with Crippen molar-refractivity contribution in [1.29, 1.82) is 0 Å². The van der Waals surface area contributed by atoms with Crippen LogP contribution in [0.3, 0.4) is 0 Å². The zero-order chi connectivity index (χ0) is 17.0. The zero-order valence-electron chi connectivity index (χ0n) is 14.6. The molecule has 0 spiro atoms. The second kappa shape index (κ2) is 5.15. The van der Waals surface area contributed by atoms with Gasteiger partial charge in [-0.05, 0) is 37.8 Å². The third-order valence-electron chi connectivity index (χ3n) is 5.76. The van der Waals surface area contributed by atoms with E-state index in [2.05, 4.69) is 46.1 Å². The fraction of sp³-hybridized carbons (Fsp3) is 0.350. The van der Waals surface area contributed by atoms with Crippen molar-refractivity contribution in [2.45, 2.75) is 25.7 Å². The number of hydrogen-bond acceptors (Lipinski definition) is 4. The monoisotopic (exact) mass is 331 g/mol. The van der Waals surface area contributed by atoms with E-state index in [1.807, 2.05) is 30.0 Å². The fourth-order valence-corrected chi connectivity index (χ4v) is 4.21. The molecular formula is C20H21N5. The summed E-state index contributed by atoms with van der Waals surface area (Å²) in [6, 6.07) is 11.0. The van der Waals surface area contributed by atoms with Gasteiger partial charge in [0.2, 0.25) is 5.95 Å². The Labute approximate surface area is 147 Å². The molecule has 126 valence electrons. The molecule has 1 aliphatic heterocycles. The summed E-state index contributed by atoms with van der Waals surface area (Å²) in [5.41, 5.74) is 3.09. The molecule has 1 saturated carbocycles. The highest BCUT2D eigenvalue weighted by Gasteiger charge is 2.61. The van der Waals surface area contributed by atoms with Gasteiger partial charge in [-0.1, -0.05) is 29.8 Å². The quantitative estimate of drug-likeness (QED) is 0.740. The molecule has 25 heavy (non-hydrogen) atoms. The molecule has 0 bridgehead atoms. The number of nitrogens with zero attached hydrogens (tertiary/aromatic N) is 5. The van der Waals surface area contributed by atoms with Crippen molar-refractivity contribution in [3.63, 3.8) is 0 Å². The minimum absolute atomic E-state index is 0.304. The fourth-order valence-electron chi connectivity index (χ4n) is 4.21. The molecule has 2 atom stereocenters. The van der Waals surface area contributed by atoms with Crippen LogP contribution in [0.1, 0.15) is 23.4 Å². The number of piperidine rings is 1. The zero-order valence-corrected chi connectivity index (χ0v) is 14.6. The highest BCUT2D eigenvalue weighted by molar-refractivity contribution is 5.47. The van der Waals surface area contributed by atoms with Gasteiger partial charge < -0.3 is 4.90 Å². The van der Waals surface area contributed by atoms with E-state index in [-0.39, 0.29) is 0 Å². The molecule has 2 aliphatic rings. The number of benzene rings is 1. The lowest BCUT2D eigenvalue weighted by Crippen LogP contribution is -2.28. The standard InChI is InChI=1S/C20H21N5/c1-14-3-5-16(6-4-14)20-11-17(20)12-24(13-20)19-22-8-7-18(23-19)25-10-9-21-15(25)2/h3-10,17H,11-13H2,1-2H3/t17-,20+/m0/s1. The number of hydrogen-bond donors (Lipinski definition) is 0. The van der Waals surface area contributed by atoms with Crippen LogP contribution in [-0.2, 0) is 5.41 Å². The molecule has 2 aromatic heterocycles. The van der Waals surface area contributed by atoms with Crippen LogP contribution in [0.25, 0.3) is 5.82 Å². The molecule has 1 aliphatic carbocycles. The van der Waals surface area contributed by atoms with Crippen molar-refractivity contribution in [1.82, 2.24) is 19.5 Å². The Hall–Kier alpha value is -2.69. The lowest BCUT2D eigenvalue weighted by atomic mass is 9.94. The molecule has 3 heterocycles. The lowest BCUT2D eigenvalue weighted by molar-refractivity contribution is 0.706. The lowest BCUT2D eigenvalue weighted by Gasteiger charge is -2.22. The number of anilines is 1. The van der Waals surface area contributed by atoms with Crippen LogP contribution in [0, 0.1) is 19.8 Å². The second-order valence-electron chi connectivity index (χ2n) is 7.36. The van der Waals surface area contributed by atoms with Crippen molar-refractivity contribution < 1.29 is 0 Å². The van der Waals surface area contributed by atoms with E-state index in [9.17, 15) is 0 Å². The van der Waals surface area contributed by atoms with E-state index < -0.39 is 0 Å². The summed E-state index contributed by atoms with van der Waals surface area (Å²) >= 11 is 0. The van der Waals surface area contributed by atoms with Gasteiger partial charge in [-0.25, -0.2) is 9.97 Å². The van der Waals surface area contributed by atoms with Crippen LogP contribution >= 0.6 is 0 Å². The predicted molar refractivity (Wildman–Crippen MR) is 97.1 cm³/mol. The normalized spacial score (nSPS) is 24.4. The van der Waals surface area contributed by atoms with E-state index in [4.69, 9.17) is 4.98 Å². The van der Waals surface area contributed by atoms with Crippen molar-refractivity contribution in [3.8, 4) is 5.82 Å². The van der Waals surface area contributed by atoms with Gasteiger partial charge in [-0.3, -0.25) is 4.57 Å². The second-order valence-corrected chi connectivity index (χ2v) is 7.36. The van der Waals surface area contributed by atoms with Gasteiger partial charge in [-0.15, -0.1) is 0 Å². The highest BCUT2D eigenvalue weighted by atomic mass is 15.3. The first-order valence-electron chi connectivity index (χ1n) is 8.81. The SMILES string of the molecule is Cc1ccc([C@]23C[C@H]2CN(c2nccc(-n4ccnc4C)n2)C3)cc1. The molecule has 0 N–H and O–H groups in total. The molecule has 2 fully saturated rings. The largest absolute Gasteiger partial charge is 0.340 e. The Morgan fingerprint density at radius 2 is 1.88 bits per heavy atom. The number of rotatable bonds is 3. The molecule has 0 unspecified atom stereocenters. The number of aryl methyl sites for hydroxylation is 2. The van der Waals surface area contributed by atoms with Gasteiger partial charge in [0.25, 0.3) is 0 Å². The Balaban J connectivity index is 1.43. The van der Waals surface area contributed by atoms with E-state index >= 15 is 0 Å². The average Bonchev–Trinajstić information content (AvgIpc) is 2.97. The van der Waals surface area contributed by atoms with Crippen LogP contribution in [0.4, 0.5) is 5.95 Å². The van der Waals surface area contributed by atoms with Crippen LogP contribution < -0.4 is 4.90 Å². The van der Waals surface area contributed by atoms with Crippen LogP contribution in [0.2, 0.25) is 0 Å². The number of imidazole rings is 1. The first kappa shape index (κ1) is 14.6. The molecule has 5 heteroatoms. The smallest absolute Gasteiger partial charge is 0.227 e. The van der Waals surface area contributed by atoms with E-state index in [0.29, 0.717) is 5.41 Å². The first-order chi connectivity index (χ1) is 12.2. The Bertz CT molecular complexity index is 929. The van der Waals surface area contributed by atoms with Crippen molar-refractivity contribution in [2.24, 2.45) is 5.92 Å². The minimum atomic E-state index is 0.304. The van der Waals surface area contributed by atoms with Crippen LogP contribution in [0.5, 0.6) is 0 Å². The summed E-state index contributed by atoms with van der Waals surface area (Å²) in [5, 5.41) is 0. The topological polar surface area (TPSA) is 46.8 Å². The Kier molecular flexibility index (Phi) is 3.02. The molecule has 1 saturated heterocycles. The Morgan fingerprint density at radius 3 is 2.64 bits per heavy atom. The van der Waals surface area contributed by atoms with Gasteiger partial charge in [0.1, 0.15) is 11.6 Å². The van der Waals surface area contributed by atoms with Crippen molar-refractivity contribution in [3.05, 3.63) is 65.9 Å². The molecule has 5 nitrogen and oxygen atoms in total. The minimum Gasteiger partial charge on any atom is -0.340 e. The summed E-state index contributed by atoms with van der Waals surface area (Å²) in [7, 11) is 0. The number of aromatic nitrogens is 4. The molecular weight excluding hydrogens is 310 g/mol. The van der Waals surface area contributed by atoms with Crippen molar-refractivity contribution >= 4 is 5.95 Å². The first-order valence-corrected chi connectivity index (χ1v) is 8.81. The van der Waals surface area contributed by atoms with E-state index in [0.717, 1.165) is 36.6 Å². The molecule has 1 aromatic carbocycles. The van der Waals surface area contributed by atoms with E-state index in [1.54, 1.807) is 6.20 Å². The molecule has 5 rings (SSSR count). The van der Waals surface area contributed by atoms with Crippen molar-refractivity contribution in [2.75, 3.05) is 18.0 Å². The van der Waals surface area contributed by atoms with E-state index in [1.165, 1.54) is 17.5 Å². The molecule has 3 aromatic rings. The summed E-state index contributed by atoms with van der Waals surface area (Å²) in [4.78, 5) is 15.9. The maximum atomic E-state index is 4.79. The summed E-state index contributed by atoms with van der Waals surface area (Å²) in [6.07, 6.45) is 6.87. The third-order valence-corrected chi connectivity index (χ3v) is 5.76. The van der Waals surface area contributed by atoms with Gasteiger partial charge in [-0.2, -0.15) is 4.98 Å². The van der Waals surface area contributed by atoms with Gasteiger partial charge >= 0.3 is 0 Å². The summed E-state index contributed by atoms with van der Waals surface area (Å²) in [6.45, 7) is 6.18. The predicted octanol–water partition coefficient (Wildman–Crippen LogP) is 3.06. The maximum Gasteiger partial charge on any atom is 0.227 e. The van der Waals surface area contributed by atoms with Gasteiger partial charge in [0, 0.05) is 37.1 Å². The summed E-state index contributed by atoms with van der Waals surface area (Å²) < 4.78 is 2.00. The van der Waals surface area contributed by atoms with Gasteiger partial charge in [0.05, 0.1) is 0 Å². The summed E-state index contributed by atoms with van der Waals surface area (Å²) in [5.74, 6) is 3.36. The number of fused-ring (bicyclic) bond motifs is 1. The van der Waals surface area contributed by atoms with Crippen LogP contribution in [-0.4, -0.2) is 32.6 Å². The molecule has 0 amide bonds. The maximum absolute atomic E-state index is 4.79. The highest BCUT2D eigenvalue weighted by Crippen LogP contribution is 2.59.